The van der Waals surface area contributed by atoms with Crippen LogP contribution in [0, 0.1) is 5.41 Å². The molecule has 0 aliphatic rings. The molecule has 0 radical (unpaired) electrons. The highest BCUT2D eigenvalue weighted by atomic mass is 35.5. The number of guanidine groups is 1. The summed E-state index contributed by atoms with van der Waals surface area (Å²) in [4.78, 5) is 35.5. The van der Waals surface area contributed by atoms with Gasteiger partial charge in [0.05, 0.1) is 18.9 Å². The van der Waals surface area contributed by atoms with Gasteiger partial charge >= 0.3 is 5.97 Å². The van der Waals surface area contributed by atoms with Crippen LogP contribution >= 0.6 is 12.4 Å². The minimum atomic E-state index is -0.988. The summed E-state index contributed by atoms with van der Waals surface area (Å²) in [5.74, 6) is -0.960. The summed E-state index contributed by atoms with van der Waals surface area (Å²) in [5, 5.41) is 25.0. The van der Waals surface area contributed by atoms with Crippen molar-refractivity contribution in [2.75, 3.05) is 19.6 Å². The predicted molar refractivity (Wildman–Crippen MR) is 137 cm³/mol. The van der Waals surface area contributed by atoms with E-state index in [-0.39, 0.29) is 56.8 Å². The number of unbranched alkanes of at least 4 members (excludes halogenated alkanes) is 5. The fourth-order valence-electron chi connectivity index (χ4n) is 3.13. The molecule has 0 heterocycles. The Morgan fingerprint density at radius 2 is 1.54 bits per heavy atom. The molecular weight excluding hydrogens is 474 g/mol. The molecule has 0 aliphatic heterocycles. The molecule has 10 nitrogen and oxygen atoms in total. The van der Waals surface area contributed by atoms with Crippen molar-refractivity contribution in [3.63, 3.8) is 0 Å². The maximum Gasteiger partial charge on any atom is 0.307 e. The molecule has 2 amide bonds. The molecular formula is C24H40ClN5O5. The molecule has 0 saturated carbocycles. The molecule has 7 N–H and O–H groups in total. The Morgan fingerprint density at radius 1 is 0.886 bits per heavy atom. The molecule has 198 valence electrons. The lowest BCUT2D eigenvalue weighted by molar-refractivity contribution is -0.144. The van der Waals surface area contributed by atoms with Gasteiger partial charge in [-0.3, -0.25) is 19.8 Å². The monoisotopic (exact) mass is 513 g/mol. The summed E-state index contributed by atoms with van der Waals surface area (Å²) in [6, 6.07) is 9.31. The number of hydrogen-bond donors (Lipinski definition) is 6. The first-order chi connectivity index (χ1) is 16.4. The number of aliphatic hydroxyl groups is 1. The normalized spacial score (nSPS) is 11.0. The third-order valence-corrected chi connectivity index (χ3v) is 5.00. The average molecular weight is 514 g/mol. The van der Waals surface area contributed by atoms with Crippen molar-refractivity contribution in [1.82, 2.24) is 16.0 Å². The molecule has 1 unspecified atom stereocenters. The van der Waals surface area contributed by atoms with Crippen molar-refractivity contribution in [2.45, 2.75) is 70.5 Å². The van der Waals surface area contributed by atoms with Crippen molar-refractivity contribution in [1.29, 1.82) is 5.41 Å². The van der Waals surface area contributed by atoms with E-state index in [9.17, 15) is 19.5 Å². The van der Waals surface area contributed by atoms with Crippen LogP contribution in [0.15, 0.2) is 30.3 Å². The average Bonchev–Trinajstić information content (AvgIpc) is 2.80. The summed E-state index contributed by atoms with van der Waals surface area (Å²) < 4.78 is 5.13. The number of aliphatic hydroxyl groups excluding tert-OH is 1. The van der Waals surface area contributed by atoms with Gasteiger partial charge in [-0.2, -0.15) is 0 Å². The van der Waals surface area contributed by atoms with E-state index in [2.05, 4.69) is 16.0 Å². The molecule has 1 aromatic rings. The number of amides is 2. The summed E-state index contributed by atoms with van der Waals surface area (Å²) in [6.07, 6.45) is 5.13. The first-order valence-corrected chi connectivity index (χ1v) is 11.9. The smallest absolute Gasteiger partial charge is 0.307 e. The summed E-state index contributed by atoms with van der Waals surface area (Å²) in [7, 11) is 0. The van der Waals surface area contributed by atoms with Crippen molar-refractivity contribution in [2.24, 2.45) is 5.73 Å². The summed E-state index contributed by atoms with van der Waals surface area (Å²) >= 11 is 0. The van der Waals surface area contributed by atoms with E-state index in [1.807, 2.05) is 30.3 Å². The second-order valence-corrected chi connectivity index (χ2v) is 8.12. The Balaban J connectivity index is 0.0000116. The number of nitrogens with two attached hydrogens (primary N) is 1. The van der Waals surface area contributed by atoms with E-state index in [1.54, 1.807) is 0 Å². The molecule has 0 aliphatic carbocycles. The van der Waals surface area contributed by atoms with Gasteiger partial charge in [0, 0.05) is 26.1 Å². The van der Waals surface area contributed by atoms with Gasteiger partial charge in [-0.15, -0.1) is 12.4 Å². The second-order valence-electron chi connectivity index (χ2n) is 8.12. The van der Waals surface area contributed by atoms with Gasteiger partial charge in [0.2, 0.25) is 11.8 Å². The van der Waals surface area contributed by atoms with Gasteiger partial charge in [-0.05, 0) is 18.4 Å². The van der Waals surface area contributed by atoms with E-state index in [1.165, 1.54) is 0 Å². The zero-order valence-corrected chi connectivity index (χ0v) is 21.0. The number of carbonyl (C=O) groups excluding carboxylic acids is 3. The number of esters is 1. The number of carbonyl (C=O) groups is 3. The van der Waals surface area contributed by atoms with Gasteiger partial charge < -0.3 is 31.5 Å². The third kappa shape index (κ3) is 19.2. The van der Waals surface area contributed by atoms with Crippen molar-refractivity contribution < 1.29 is 24.2 Å². The molecule has 0 aromatic heterocycles. The van der Waals surface area contributed by atoms with E-state index in [0.717, 1.165) is 44.1 Å². The van der Waals surface area contributed by atoms with E-state index in [4.69, 9.17) is 15.9 Å². The van der Waals surface area contributed by atoms with Gasteiger partial charge in [0.1, 0.15) is 6.61 Å². The number of nitrogens with one attached hydrogen (secondary N) is 4. The lowest BCUT2D eigenvalue weighted by Crippen LogP contribution is -2.36. The molecule has 1 atom stereocenters. The van der Waals surface area contributed by atoms with Crippen LogP contribution in [0.3, 0.4) is 0 Å². The van der Waals surface area contributed by atoms with Crippen molar-refractivity contribution >= 4 is 36.2 Å². The Bertz CT molecular complexity index is 751. The maximum absolute atomic E-state index is 11.9. The van der Waals surface area contributed by atoms with Crippen LogP contribution in [0.25, 0.3) is 0 Å². The Labute approximate surface area is 213 Å². The minimum absolute atomic E-state index is 0. The van der Waals surface area contributed by atoms with Crippen LogP contribution < -0.4 is 21.7 Å². The number of benzene rings is 1. The standard InChI is InChI=1S/C24H39N5O5.ClH/c25-24(26)28-14-9-4-2-1-3-8-12-21(31)29-17-20(30)16-22(32)27-15-13-23(33)34-18-19-10-6-5-7-11-19;/h5-7,10-11,20,30H,1-4,8-9,12-18H2,(H,27,32)(H,29,31)(H4,25,26,28);1H. The second kappa shape index (κ2) is 20.5. The van der Waals surface area contributed by atoms with Gasteiger partial charge in [0.15, 0.2) is 5.96 Å². The lowest BCUT2D eigenvalue weighted by Gasteiger charge is -2.12. The Kier molecular flexibility index (Phi) is 18.8. The SMILES string of the molecule is Cl.N=C(N)NCCCCCCCCC(=O)NCC(O)CC(=O)NCCC(=O)OCc1ccccc1. The molecule has 1 aromatic carbocycles. The summed E-state index contributed by atoms with van der Waals surface area (Å²) in [5.41, 5.74) is 6.09. The van der Waals surface area contributed by atoms with Crippen molar-refractivity contribution in [3.05, 3.63) is 35.9 Å². The van der Waals surface area contributed by atoms with Gasteiger partial charge in [-0.25, -0.2) is 0 Å². The van der Waals surface area contributed by atoms with Gasteiger partial charge in [-0.1, -0.05) is 56.0 Å². The van der Waals surface area contributed by atoms with E-state index >= 15 is 0 Å². The number of ether oxygens (including phenoxy) is 1. The number of halogens is 1. The molecule has 35 heavy (non-hydrogen) atoms. The van der Waals surface area contributed by atoms with E-state index < -0.39 is 18.0 Å². The molecule has 0 bridgehead atoms. The van der Waals surface area contributed by atoms with Crippen LogP contribution in [0.2, 0.25) is 0 Å². The predicted octanol–water partition coefficient (Wildman–Crippen LogP) is 1.74. The number of rotatable bonds is 18. The van der Waals surface area contributed by atoms with Crippen molar-refractivity contribution in [3.8, 4) is 0 Å². The van der Waals surface area contributed by atoms with Crippen LogP contribution in [-0.4, -0.2) is 54.6 Å². The molecule has 0 fully saturated rings. The molecule has 0 saturated heterocycles. The largest absolute Gasteiger partial charge is 0.461 e. The quantitative estimate of drug-likeness (QED) is 0.0752. The Morgan fingerprint density at radius 3 is 2.23 bits per heavy atom. The first kappa shape index (κ1) is 32.1. The highest BCUT2D eigenvalue weighted by Gasteiger charge is 2.13. The zero-order valence-electron chi connectivity index (χ0n) is 20.2. The van der Waals surface area contributed by atoms with Crippen LogP contribution in [-0.2, 0) is 25.7 Å². The fourth-order valence-corrected chi connectivity index (χ4v) is 3.13. The maximum atomic E-state index is 11.9. The topological polar surface area (TPSA) is 167 Å². The first-order valence-electron chi connectivity index (χ1n) is 11.9. The molecule has 1 rings (SSSR count). The van der Waals surface area contributed by atoms with Crippen LogP contribution in [0.1, 0.15) is 63.4 Å². The zero-order chi connectivity index (χ0) is 25.0. The minimum Gasteiger partial charge on any atom is -0.461 e. The summed E-state index contributed by atoms with van der Waals surface area (Å²) in [6.45, 7) is 1.03. The van der Waals surface area contributed by atoms with Crippen LogP contribution in [0.5, 0.6) is 0 Å². The van der Waals surface area contributed by atoms with E-state index in [0.29, 0.717) is 13.0 Å². The fraction of sp³-hybridized carbons (Fsp3) is 0.583. The molecule has 0 spiro atoms. The highest BCUT2D eigenvalue weighted by molar-refractivity contribution is 5.85. The molecule has 11 heteroatoms. The third-order valence-electron chi connectivity index (χ3n) is 5.00. The highest BCUT2D eigenvalue weighted by Crippen LogP contribution is 2.07. The Hall–Kier alpha value is -2.85. The number of hydrogen-bond acceptors (Lipinski definition) is 6. The van der Waals surface area contributed by atoms with Gasteiger partial charge in [0.25, 0.3) is 0 Å². The van der Waals surface area contributed by atoms with Crippen LogP contribution in [0.4, 0.5) is 0 Å². The lowest BCUT2D eigenvalue weighted by atomic mass is 10.1.